The zero-order valence-corrected chi connectivity index (χ0v) is 21.2. The molecule has 1 saturated heterocycles. The van der Waals surface area contributed by atoms with Gasteiger partial charge in [-0.2, -0.15) is 0 Å². The lowest BCUT2D eigenvalue weighted by atomic mass is 9.95. The summed E-state index contributed by atoms with van der Waals surface area (Å²) >= 11 is 6.12. The van der Waals surface area contributed by atoms with Crippen molar-refractivity contribution in [1.82, 2.24) is 9.97 Å². The number of aromatic amines is 1. The molecule has 1 fully saturated rings. The molecule has 7 nitrogen and oxygen atoms in total. The summed E-state index contributed by atoms with van der Waals surface area (Å²) in [5, 5.41) is 4.16. The first-order chi connectivity index (χ1) is 18.0. The van der Waals surface area contributed by atoms with Crippen LogP contribution in [0.2, 0.25) is 5.02 Å². The number of rotatable bonds is 5. The third kappa shape index (κ3) is 4.80. The lowest BCUT2D eigenvalue weighted by Gasteiger charge is -2.35. The molecule has 0 bridgehead atoms. The number of para-hydroxylation sites is 1. The lowest BCUT2D eigenvalue weighted by molar-refractivity contribution is 0.0383. The molecule has 0 amide bonds. The Kier molecular flexibility index (Phi) is 6.32. The Morgan fingerprint density at radius 2 is 2.05 bits per heavy atom. The molecule has 0 spiro atoms. The highest BCUT2D eigenvalue weighted by molar-refractivity contribution is 6.30. The van der Waals surface area contributed by atoms with Gasteiger partial charge in [0.15, 0.2) is 0 Å². The van der Waals surface area contributed by atoms with E-state index in [1.807, 2.05) is 36.5 Å². The van der Waals surface area contributed by atoms with Crippen molar-refractivity contribution in [3.8, 4) is 11.5 Å². The van der Waals surface area contributed by atoms with E-state index in [0.717, 1.165) is 45.9 Å². The number of anilines is 2. The minimum Gasteiger partial charge on any atom is -0.456 e. The van der Waals surface area contributed by atoms with E-state index in [0.29, 0.717) is 30.4 Å². The summed E-state index contributed by atoms with van der Waals surface area (Å²) in [6, 6.07) is 18.1. The predicted molar refractivity (Wildman–Crippen MR) is 145 cm³/mol. The highest BCUT2D eigenvalue weighted by Gasteiger charge is 2.29. The molecule has 37 heavy (non-hydrogen) atoms. The molecule has 4 aromatic rings. The van der Waals surface area contributed by atoms with Crippen LogP contribution >= 0.6 is 11.6 Å². The molecule has 0 aliphatic carbocycles. The van der Waals surface area contributed by atoms with Crippen LogP contribution < -0.4 is 20.5 Å². The van der Waals surface area contributed by atoms with Gasteiger partial charge in [-0.1, -0.05) is 29.8 Å². The number of nitrogens with zero attached hydrogens (tertiary/aromatic N) is 2. The second-order valence-corrected chi connectivity index (χ2v) is 9.87. The molecule has 2 unspecified atom stereocenters. The molecule has 2 N–H and O–H groups in total. The van der Waals surface area contributed by atoms with Crippen LogP contribution in [0.3, 0.4) is 0 Å². The SMILES string of the molecule is CC(Nc1ccc2c(c1)Cc1cccc(C3CN(c4ccc[nH]c4=O)CCO3)c1O2)c1cncc(Cl)c1. The number of benzene rings is 2. The summed E-state index contributed by atoms with van der Waals surface area (Å²) < 4.78 is 12.6. The van der Waals surface area contributed by atoms with Crippen LogP contribution in [0.1, 0.15) is 41.3 Å². The van der Waals surface area contributed by atoms with Gasteiger partial charge in [-0.25, -0.2) is 0 Å². The Morgan fingerprint density at radius 3 is 2.92 bits per heavy atom. The Balaban J connectivity index is 1.22. The summed E-state index contributed by atoms with van der Waals surface area (Å²) in [6.45, 7) is 3.87. The number of morpholine rings is 1. The third-order valence-electron chi connectivity index (χ3n) is 6.94. The number of nitrogens with one attached hydrogen (secondary N) is 2. The third-order valence-corrected chi connectivity index (χ3v) is 7.15. The van der Waals surface area contributed by atoms with Gasteiger partial charge < -0.3 is 24.7 Å². The second-order valence-electron chi connectivity index (χ2n) is 9.43. The first kappa shape index (κ1) is 23.6. The molecule has 2 aromatic heterocycles. The summed E-state index contributed by atoms with van der Waals surface area (Å²) in [4.78, 5) is 21.4. The van der Waals surface area contributed by atoms with E-state index in [1.165, 1.54) is 0 Å². The van der Waals surface area contributed by atoms with E-state index in [2.05, 4.69) is 51.4 Å². The molecule has 2 atom stereocenters. The van der Waals surface area contributed by atoms with Crippen LogP contribution in [-0.2, 0) is 11.2 Å². The number of H-pyrrole nitrogens is 1. The van der Waals surface area contributed by atoms with Gasteiger partial charge in [0, 0.05) is 54.9 Å². The number of aromatic nitrogens is 2. The topological polar surface area (TPSA) is 79.5 Å². The van der Waals surface area contributed by atoms with E-state index in [-0.39, 0.29) is 17.7 Å². The predicted octanol–water partition coefficient (Wildman–Crippen LogP) is 5.87. The van der Waals surface area contributed by atoms with Crippen molar-refractivity contribution >= 4 is 23.0 Å². The van der Waals surface area contributed by atoms with Crippen molar-refractivity contribution in [2.24, 2.45) is 0 Å². The molecule has 8 heteroatoms. The highest BCUT2D eigenvalue weighted by Crippen LogP contribution is 2.43. The molecule has 188 valence electrons. The fourth-order valence-corrected chi connectivity index (χ4v) is 5.24. The Hall–Kier alpha value is -3.81. The number of hydrogen-bond acceptors (Lipinski definition) is 6. The highest BCUT2D eigenvalue weighted by atomic mass is 35.5. The normalized spacial score (nSPS) is 17.4. The second kappa shape index (κ2) is 9.92. The number of halogens is 1. The van der Waals surface area contributed by atoms with Crippen molar-refractivity contribution in [2.75, 3.05) is 29.9 Å². The molecule has 0 saturated carbocycles. The molecule has 2 aliphatic rings. The molecule has 6 rings (SSSR count). The molecule has 0 radical (unpaired) electrons. The van der Waals surface area contributed by atoms with Gasteiger partial charge in [0.25, 0.3) is 5.56 Å². The quantitative estimate of drug-likeness (QED) is 0.305. The summed E-state index contributed by atoms with van der Waals surface area (Å²) in [5.41, 5.74) is 5.85. The van der Waals surface area contributed by atoms with Crippen molar-refractivity contribution < 1.29 is 9.47 Å². The van der Waals surface area contributed by atoms with Crippen LogP contribution in [0, 0.1) is 0 Å². The van der Waals surface area contributed by atoms with Crippen LogP contribution in [0.5, 0.6) is 11.5 Å². The van der Waals surface area contributed by atoms with Crippen LogP contribution in [-0.4, -0.2) is 29.7 Å². The molecular weight excluding hydrogens is 488 g/mol. The van der Waals surface area contributed by atoms with E-state index < -0.39 is 0 Å². The average molecular weight is 515 g/mol. The van der Waals surface area contributed by atoms with Crippen LogP contribution in [0.15, 0.2) is 78.0 Å². The molecule has 4 heterocycles. The first-order valence-electron chi connectivity index (χ1n) is 12.4. The van der Waals surface area contributed by atoms with Gasteiger partial charge in [0.1, 0.15) is 23.3 Å². The Bertz CT molecular complexity index is 1500. The van der Waals surface area contributed by atoms with Gasteiger partial charge in [0.05, 0.1) is 17.7 Å². The van der Waals surface area contributed by atoms with Gasteiger partial charge in [0.2, 0.25) is 0 Å². The van der Waals surface area contributed by atoms with Gasteiger partial charge in [-0.15, -0.1) is 0 Å². The fourth-order valence-electron chi connectivity index (χ4n) is 5.06. The zero-order valence-electron chi connectivity index (χ0n) is 20.4. The van der Waals surface area contributed by atoms with Crippen molar-refractivity contribution in [2.45, 2.75) is 25.5 Å². The monoisotopic (exact) mass is 514 g/mol. The number of fused-ring (bicyclic) bond motifs is 2. The largest absolute Gasteiger partial charge is 0.456 e. The maximum absolute atomic E-state index is 12.3. The Morgan fingerprint density at radius 1 is 1.14 bits per heavy atom. The van der Waals surface area contributed by atoms with E-state index >= 15 is 0 Å². The Labute approximate surface area is 220 Å². The minimum absolute atomic E-state index is 0.0518. The van der Waals surface area contributed by atoms with Gasteiger partial charge in [-0.05, 0) is 54.4 Å². The first-order valence-corrected chi connectivity index (χ1v) is 12.8. The molecule has 2 aromatic carbocycles. The van der Waals surface area contributed by atoms with Crippen molar-refractivity contribution in [3.05, 3.63) is 111 Å². The van der Waals surface area contributed by atoms with E-state index in [4.69, 9.17) is 21.1 Å². The van der Waals surface area contributed by atoms with Gasteiger partial charge >= 0.3 is 0 Å². The van der Waals surface area contributed by atoms with Crippen LogP contribution in [0.4, 0.5) is 11.4 Å². The number of ether oxygens (including phenoxy) is 2. The van der Waals surface area contributed by atoms with Gasteiger partial charge in [-0.3, -0.25) is 9.78 Å². The summed E-state index contributed by atoms with van der Waals surface area (Å²) in [7, 11) is 0. The maximum Gasteiger partial charge on any atom is 0.271 e. The summed E-state index contributed by atoms with van der Waals surface area (Å²) in [6.07, 6.45) is 5.68. The fraction of sp³-hybridized carbons (Fsp3) is 0.241. The lowest BCUT2D eigenvalue weighted by Crippen LogP contribution is -2.41. The summed E-state index contributed by atoms with van der Waals surface area (Å²) in [5.74, 6) is 1.69. The van der Waals surface area contributed by atoms with Crippen molar-refractivity contribution in [3.63, 3.8) is 0 Å². The maximum atomic E-state index is 12.3. The number of pyridine rings is 2. The van der Waals surface area contributed by atoms with E-state index in [1.54, 1.807) is 12.4 Å². The minimum atomic E-state index is -0.196. The molecule has 2 aliphatic heterocycles. The van der Waals surface area contributed by atoms with Crippen LogP contribution in [0.25, 0.3) is 0 Å². The van der Waals surface area contributed by atoms with Crippen molar-refractivity contribution in [1.29, 1.82) is 0 Å². The smallest absolute Gasteiger partial charge is 0.271 e. The zero-order chi connectivity index (χ0) is 25.4. The molecular formula is C29H27ClN4O3. The standard InChI is InChI=1S/C29H27ClN4O3/c1-18(21-13-22(30)16-31-15-21)33-23-7-8-26-20(14-23)12-19-4-2-5-24(28(19)37-26)27-17-34(10-11-36-27)25-6-3-9-32-29(25)35/h2-9,13-16,18,27,33H,10-12,17H2,1H3,(H,32,35). The number of hydrogen-bond donors (Lipinski definition) is 2. The average Bonchev–Trinajstić information content (AvgIpc) is 2.92. The van der Waals surface area contributed by atoms with E-state index in [9.17, 15) is 4.79 Å².